The van der Waals surface area contributed by atoms with E-state index in [0.717, 1.165) is 11.4 Å². The number of allylic oxidation sites excluding steroid dienone is 1. The van der Waals surface area contributed by atoms with Gasteiger partial charge in [-0.1, -0.05) is 30.0 Å². The van der Waals surface area contributed by atoms with Gasteiger partial charge in [-0.15, -0.1) is 0 Å². The summed E-state index contributed by atoms with van der Waals surface area (Å²) in [4.78, 5) is 27.6. The Balaban J connectivity index is 1.67. The Morgan fingerprint density at radius 1 is 1.23 bits per heavy atom. The van der Waals surface area contributed by atoms with Crippen LogP contribution in [0.25, 0.3) is 0 Å². The maximum atomic E-state index is 13.0. The molecule has 152 valence electrons. The molecule has 1 fully saturated rings. The number of nitriles is 1. The molecule has 2 heterocycles. The van der Waals surface area contributed by atoms with E-state index in [9.17, 15) is 20.2 Å². The third kappa shape index (κ3) is 3.46. The highest BCUT2D eigenvalue weighted by Crippen LogP contribution is 2.45. The number of rotatable bonds is 4. The largest absolute Gasteiger partial charge is 0.497 e. The summed E-state index contributed by atoms with van der Waals surface area (Å²) in [6.07, 6.45) is 0.0221. The Morgan fingerprint density at radius 2 is 1.97 bits per heavy atom. The quantitative estimate of drug-likeness (QED) is 0.545. The topological polar surface area (TPSA) is 99.7 Å². The van der Waals surface area contributed by atoms with Gasteiger partial charge in [0, 0.05) is 29.7 Å². The first-order valence-electron chi connectivity index (χ1n) is 9.23. The van der Waals surface area contributed by atoms with E-state index in [0.29, 0.717) is 28.7 Å². The van der Waals surface area contributed by atoms with Crippen molar-refractivity contribution in [1.82, 2.24) is 4.90 Å². The molecule has 1 atom stereocenters. The first kappa shape index (κ1) is 19.8. The van der Waals surface area contributed by atoms with Crippen LogP contribution in [0.4, 0.5) is 11.4 Å². The first-order chi connectivity index (χ1) is 14.5. The van der Waals surface area contributed by atoms with Crippen molar-refractivity contribution in [3.8, 4) is 11.8 Å². The third-order valence-corrected chi connectivity index (χ3v) is 6.39. The number of thioether (sulfide) groups is 1. The van der Waals surface area contributed by atoms with Crippen LogP contribution in [0.5, 0.6) is 5.75 Å². The van der Waals surface area contributed by atoms with Gasteiger partial charge in [-0.05, 0) is 24.3 Å². The second kappa shape index (κ2) is 8.08. The molecule has 8 nitrogen and oxygen atoms in total. The third-order valence-electron chi connectivity index (χ3n) is 5.24. The number of hydrogen-bond donors (Lipinski definition) is 0. The van der Waals surface area contributed by atoms with Gasteiger partial charge in [0.15, 0.2) is 0 Å². The predicted octanol–water partition coefficient (Wildman–Crippen LogP) is 3.82. The van der Waals surface area contributed by atoms with Gasteiger partial charge in [-0.2, -0.15) is 5.26 Å². The van der Waals surface area contributed by atoms with Gasteiger partial charge >= 0.3 is 0 Å². The highest BCUT2D eigenvalue weighted by molar-refractivity contribution is 8.03. The van der Waals surface area contributed by atoms with Gasteiger partial charge in [0.05, 0.1) is 41.2 Å². The fourth-order valence-electron chi connectivity index (χ4n) is 3.73. The number of anilines is 1. The van der Waals surface area contributed by atoms with E-state index in [1.807, 2.05) is 29.2 Å². The maximum Gasteiger partial charge on any atom is 0.273 e. The molecule has 0 radical (unpaired) electrons. The van der Waals surface area contributed by atoms with E-state index in [1.165, 1.54) is 17.8 Å². The molecular weight excluding hydrogens is 404 g/mol. The van der Waals surface area contributed by atoms with E-state index in [-0.39, 0.29) is 18.0 Å². The van der Waals surface area contributed by atoms with Gasteiger partial charge < -0.3 is 9.64 Å². The number of amides is 1. The molecule has 0 aliphatic carbocycles. The second-order valence-corrected chi connectivity index (χ2v) is 7.81. The standard InChI is InChI=1S/C21H18N4O4S/c1-29-15-8-6-14(7-9-15)23-12-24-20(26)10-17(18(11-22)21(24)30-13-23)16-4-2-3-5-19(16)25(27)28/h2-9,17H,10,12-13H2,1H3. The van der Waals surface area contributed by atoms with E-state index >= 15 is 0 Å². The van der Waals surface area contributed by atoms with Crippen LogP contribution >= 0.6 is 11.8 Å². The van der Waals surface area contributed by atoms with Crippen LogP contribution in [-0.2, 0) is 4.79 Å². The summed E-state index contributed by atoms with van der Waals surface area (Å²) in [6, 6.07) is 16.1. The molecule has 0 spiro atoms. The Kier molecular flexibility index (Phi) is 5.33. The van der Waals surface area contributed by atoms with Crippen molar-refractivity contribution in [1.29, 1.82) is 5.26 Å². The number of carbonyl (C=O) groups is 1. The van der Waals surface area contributed by atoms with Crippen LogP contribution < -0.4 is 9.64 Å². The molecule has 2 aliphatic heterocycles. The number of hydrogen-bond acceptors (Lipinski definition) is 7. The lowest BCUT2D eigenvalue weighted by molar-refractivity contribution is -0.385. The van der Waals surface area contributed by atoms with Crippen molar-refractivity contribution < 1.29 is 14.5 Å². The molecule has 30 heavy (non-hydrogen) atoms. The summed E-state index contributed by atoms with van der Waals surface area (Å²) < 4.78 is 5.19. The van der Waals surface area contributed by atoms with Crippen molar-refractivity contribution in [2.45, 2.75) is 12.3 Å². The summed E-state index contributed by atoms with van der Waals surface area (Å²) in [5.74, 6) is 0.533. The zero-order chi connectivity index (χ0) is 21.3. The van der Waals surface area contributed by atoms with Gasteiger partial charge in [0.1, 0.15) is 5.75 Å². The number of fused-ring (bicyclic) bond motifs is 1. The maximum absolute atomic E-state index is 13.0. The Morgan fingerprint density at radius 3 is 2.63 bits per heavy atom. The number of nitro benzene ring substituents is 1. The lowest BCUT2D eigenvalue weighted by Crippen LogP contribution is -2.47. The summed E-state index contributed by atoms with van der Waals surface area (Å²) in [6.45, 7) is 0.322. The summed E-state index contributed by atoms with van der Waals surface area (Å²) in [7, 11) is 1.60. The van der Waals surface area contributed by atoms with E-state index in [1.54, 1.807) is 30.2 Å². The lowest BCUT2D eigenvalue weighted by Gasteiger charge is -2.42. The predicted molar refractivity (Wildman–Crippen MR) is 113 cm³/mol. The highest BCUT2D eigenvalue weighted by atomic mass is 32.2. The summed E-state index contributed by atoms with van der Waals surface area (Å²) in [5.41, 5.74) is 1.67. The van der Waals surface area contributed by atoms with E-state index in [4.69, 9.17) is 4.74 Å². The van der Waals surface area contributed by atoms with Crippen molar-refractivity contribution in [3.63, 3.8) is 0 Å². The Labute approximate surface area is 177 Å². The van der Waals surface area contributed by atoms with Gasteiger partial charge in [-0.25, -0.2) is 0 Å². The number of methoxy groups -OCH3 is 1. The second-order valence-electron chi connectivity index (χ2n) is 6.88. The number of nitrogens with zero attached hydrogens (tertiary/aromatic N) is 4. The normalized spacial score (nSPS) is 18.7. The number of nitro groups is 1. The fourth-order valence-corrected chi connectivity index (χ4v) is 4.90. The highest BCUT2D eigenvalue weighted by Gasteiger charge is 2.40. The number of benzene rings is 2. The van der Waals surface area contributed by atoms with Gasteiger partial charge in [0.25, 0.3) is 5.69 Å². The molecule has 2 aliphatic rings. The SMILES string of the molecule is COc1ccc(N2CSC3=C(C#N)C(c4ccccc4[N+](=O)[O-])CC(=O)N3C2)cc1. The number of carbonyl (C=O) groups excluding carboxylic acids is 1. The van der Waals surface area contributed by atoms with Crippen LogP contribution in [-0.4, -0.2) is 35.4 Å². The Bertz CT molecular complexity index is 1080. The summed E-state index contributed by atoms with van der Waals surface area (Å²) in [5, 5.41) is 21.9. The monoisotopic (exact) mass is 422 g/mol. The number of para-hydroxylation sites is 1. The number of ether oxygens (including phenoxy) is 1. The van der Waals surface area contributed by atoms with Gasteiger partial charge in [0.2, 0.25) is 5.91 Å². The molecule has 0 bridgehead atoms. The molecule has 4 rings (SSSR count). The molecule has 2 aromatic rings. The average molecular weight is 422 g/mol. The van der Waals surface area contributed by atoms with E-state index < -0.39 is 10.8 Å². The van der Waals surface area contributed by atoms with Crippen LogP contribution in [0.2, 0.25) is 0 Å². The molecule has 1 unspecified atom stereocenters. The molecule has 9 heteroatoms. The minimum Gasteiger partial charge on any atom is -0.497 e. The van der Waals surface area contributed by atoms with Crippen molar-refractivity contribution in [3.05, 3.63) is 74.8 Å². The minimum atomic E-state index is -0.615. The first-order valence-corrected chi connectivity index (χ1v) is 10.2. The van der Waals surface area contributed by atoms with Crippen LogP contribution in [0.1, 0.15) is 17.9 Å². The van der Waals surface area contributed by atoms with Gasteiger partial charge in [-0.3, -0.25) is 19.8 Å². The lowest BCUT2D eigenvalue weighted by atomic mass is 9.85. The van der Waals surface area contributed by atoms with Crippen LogP contribution in [0.3, 0.4) is 0 Å². The molecule has 1 saturated heterocycles. The van der Waals surface area contributed by atoms with E-state index in [2.05, 4.69) is 6.07 Å². The molecule has 0 aromatic heterocycles. The summed E-state index contributed by atoms with van der Waals surface area (Å²) >= 11 is 1.40. The molecule has 1 amide bonds. The molecular formula is C21H18N4O4S. The van der Waals surface area contributed by atoms with Crippen LogP contribution in [0, 0.1) is 21.4 Å². The van der Waals surface area contributed by atoms with Crippen LogP contribution in [0.15, 0.2) is 59.1 Å². The van der Waals surface area contributed by atoms with Crippen molar-refractivity contribution in [2.75, 3.05) is 24.6 Å². The average Bonchev–Trinajstić information content (AvgIpc) is 2.79. The zero-order valence-corrected chi connectivity index (χ0v) is 17.0. The van der Waals surface area contributed by atoms with Crippen molar-refractivity contribution >= 4 is 29.0 Å². The smallest absolute Gasteiger partial charge is 0.273 e. The molecule has 2 aromatic carbocycles. The molecule has 0 N–H and O–H groups in total. The Hall–Kier alpha value is -3.51. The molecule has 0 saturated carbocycles. The zero-order valence-electron chi connectivity index (χ0n) is 16.1. The van der Waals surface area contributed by atoms with Crippen molar-refractivity contribution in [2.24, 2.45) is 0 Å². The minimum absolute atomic E-state index is 0.0221. The fraction of sp³-hybridized carbons (Fsp3) is 0.238.